The molecule has 1 aromatic carbocycles. The average molecular weight is 242 g/mol. The van der Waals surface area contributed by atoms with Gasteiger partial charge in [-0.05, 0) is 18.9 Å². The van der Waals surface area contributed by atoms with E-state index in [9.17, 15) is 0 Å². The molecular formula is C14H18N4. The monoisotopic (exact) mass is 242 g/mol. The van der Waals surface area contributed by atoms with Crippen molar-refractivity contribution in [3.8, 4) is 0 Å². The van der Waals surface area contributed by atoms with Crippen molar-refractivity contribution in [1.29, 1.82) is 5.41 Å². The van der Waals surface area contributed by atoms with E-state index >= 15 is 0 Å². The molecule has 18 heavy (non-hydrogen) atoms. The summed E-state index contributed by atoms with van der Waals surface area (Å²) in [6, 6.07) is 8.28. The lowest BCUT2D eigenvalue weighted by atomic mass is 9.92. The van der Waals surface area contributed by atoms with Gasteiger partial charge < -0.3 is 11.1 Å². The van der Waals surface area contributed by atoms with E-state index in [4.69, 9.17) is 11.1 Å². The maximum Gasteiger partial charge on any atom is 0.147 e. The Labute approximate surface area is 107 Å². The van der Waals surface area contributed by atoms with Crippen molar-refractivity contribution < 1.29 is 0 Å². The molecule has 3 rings (SSSR count). The number of nitrogens with one attached hydrogen (secondary N) is 2. The van der Waals surface area contributed by atoms with E-state index in [0.717, 1.165) is 18.4 Å². The number of para-hydroxylation sites is 1. The number of amidine groups is 1. The number of fused-ring (bicyclic) bond motifs is 1. The lowest BCUT2D eigenvalue weighted by molar-refractivity contribution is 0.385. The summed E-state index contributed by atoms with van der Waals surface area (Å²) >= 11 is 0. The lowest BCUT2D eigenvalue weighted by Gasteiger charge is -2.23. The molecule has 4 nitrogen and oxygen atoms in total. The van der Waals surface area contributed by atoms with Gasteiger partial charge in [0.1, 0.15) is 11.5 Å². The Kier molecular flexibility index (Phi) is 2.78. The molecule has 1 aliphatic heterocycles. The highest BCUT2D eigenvalue weighted by atomic mass is 15.1. The van der Waals surface area contributed by atoms with Gasteiger partial charge in [-0.3, -0.25) is 10.4 Å². The third-order valence-corrected chi connectivity index (χ3v) is 3.81. The first-order chi connectivity index (χ1) is 8.75. The topological polar surface area (TPSA) is 74.3 Å². The second-order valence-corrected chi connectivity index (χ2v) is 5.04. The summed E-state index contributed by atoms with van der Waals surface area (Å²) in [5.41, 5.74) is 7.74. The number of aliphatic imine (C=N–C) groups is 1. The van der Waals surface area contributed by atoms with Crippen LogP contribution in [0.3, 0.4) is 0 Å². The standard InChI is InChI=1S/C14H18N4/c15-10-6-2-1-5-9(10)13(16)14-17-11-7-3-4-8-12(11)18-14/h1-2,5-6,11-12,16H,3-4,7-8,15H2,(H,17,18). The Morgan fingerprint density at radius 2 is 2.06 bits per heavy atom. The first-order valence-corrected chi connectivity index (χ1v) is 6.54. The predicted octanol–water partition coefficient (Wildman–Crippen LogP) is 1.95. The molecule has 0 radical (unpaired) electrons. The fourth-order valence-electron chi connectivity index (χ4n) is 2.80. The summed E-state index contributed by atoms with van der Waals surface area (Å²) in [6.45, 7) is 0. The van der Waals surface area contributed by atoms with E-state index < -0.39 is 0 Å². The molecule has 2 atom stereocenters. The number of rotatable bonds is 2. The van der Waals surface area contributed by atoms with Crippen LogP contribution < -0.4 is 11.1 Å². The molecule has 1 aliphatic carbocycles. The van der Waals surface area contributed by atoms with Gasteiger partial charge in [0.2, 0.25) is 0 Å². The normalized spacial score (nSPS) is 26.1. The molecule has 0 amide bonds. The van der Waals surface area contributed by atoms with E-state index in [2.05, 4.69) is 10.3 Å². The van der Waals surface area contributed by atoms with Gasteiger partial charge >= 0.3 is 0 Å². The fourth-order valence-corrected chi connectivity index (χ4v) is 2.80. The number of nitrogen functional groups attached to an aromatic ring is 1. The third-order valence-electron chi connectivity index (χ3n) is 3.81. The molecule has 0 bridgehead atoms. The molecule has 4 heteroatoms. The third kappa shape index (κ3) is 1.88. The molecule has 1 aromatic rings. The van der Waals surface area contributed by atoms with Crippen molar-refractivity contribution in [1.82, 2.24) is 5.32 Å². The minimum atomic E-state index is 0.360. The Bertz CT molecular complexity index is 506. The highest BCUT2D eigenvalue weighted by molar-refractivity contribution is 6.47. The highest BCUT2D eigenvalue weighted by Gasteiger charge is 2.32. The maximum absolute atomic E-state index is 8.25. The van der Waals surface area contributed by atoms with Gasteiger partial charge in [-0.1, -0.05) is 31.0 Å². The molecule has 0 spiro atoms. The van der Waals surface area contributed by atoms with E-state index in [0.29, 0.717) is 29.3 Å². The number of benzene rings is 1. The largest absolute Gasteiger partial charge is 0.398 e. The molecule has 0 aromatic heterocycles. The first kappa shape index (κ1) is 11.3. The van der Waals surface area contributed by atoms with Crippen LogP contribution in [0.4, 0.5) is 5.69 Å². The van der Waals surface area contributed by atoms with Crippen molar-refractivity contribution in [2.45, 2.75) is 37.8 Å². The van der Waals surface area contributed by atoms with Crippen LogP contribution in [-0.4, -0.2) is 23.6 Å². The van der Waals surface area contributed by atoms with Crippen LogP contribution >= 0.6 is 0 Å². The maximum atomic E-state index is 8.25. The Hall–Kier alpha value is -1.84. The van der Waals surface area contributed by atoms with Crippen LogP contribution in [0.5, 0.6) is 0 Å². The van der Waals surface area contributed by atoms with Crippen molar-refractivity contribution in [2.75, 3.05) is 5.73 Å². The smallest absolute Gasteiger partial charge is 0.147 e. The van der Waals surface area contributed by atoms with Gasteiger partial charge in [-0.25, -0.2) is 0 Å². The SMILES string of the molecule is N=C(C1=NC2CCCCC2N1)c1ccccc1N. The lowest BCUT2D eigenvalue weighted by Crippen LogP contribution is -2.39. The van der Waals surface area contributed by atoms with Crippen LogP contribution in [0, 0.1) is 5.41 Å². The zero-order valence-corrected chi connectivity index (χ0v) is 10.3. The van der Waals surface area contributed by atoms with Gasteiger partial charge in [0.25, 0.3) is 0 Å². The minimum absolute atomic E-state index is 0.360. The van der Waals surface area contributed by atoms with E-state index in [-0.39, 0.29) is 0 Å². The molecule has 2 unspecified atom stereocenters. The summed E-state index contributed by atoms with van der Waals surface area (Å²) in [7, 11) is 0. The zero-order chi connectivity index (χ0) is 12.5. The van der Waals surface area contributed by atoms with Gasteiger partial charge in [-0.15, -0.1) is 0 Å². The second-order valence-electron chi connectivity index (χ2n) is 5.04. The first-order valence-electron chi connectivity index (χ1n) is 6.54. The number of hydrogen-bond donors (Lipinski definition) is 3. The van der Waals surface area contributed by atoms with Crippen LogP contribution in [0.25, 0.3) is 0 Å². The molecular weight excluding hydrogens is 224 g/mol. The molecule has 0 saturated heterocycles. The average Bonchev–Trinajstić information content (AvgIpc) is 2.82. The van der Waals surface area contributed by atoms with Gasteiger partial charge in [-0.2, -0.15) is 0 Å². The minimum Gasteiger partial charge on any atom is -0.398 e. The quantitative estimate of drug-likeness (QED) is 0.547. The molecule has 1 fully saturated rings. The zero-order valence-electron chi connectivity index (χ0n) is 10.3. The van der Waals surface area contributed by atoms with Crippen LogP contribution in [-0.2, 0) is 0 Å². The fraction of sp³-hybridized carbons (Fsp3) is 0.429. The summed E-state index contributed by atoms with van der Waals surface area (Å²) in [5.74, 6) is 0.713. The predicted molar refractivity (Wildman–Crippen MR) is 74.3 cm³/mol. The van der Waals surface area contributed by atoms with E-state index in [1.54, 1.807) is 0 Å². The Morgan fingerprint density at radius 1 is 1.28 bits per heavy atom. The number of nitrogens with zero attached hydrogens (tertiary/aromatic N) is 1. The van der Waals surface area contributed by atoms with Crippen LogP contribution in [0.15, 0.2) is 29.3 Å². The highest BCUT2D eigenvalue weighted by Crippen LogP contribution is 2.25. The summed E-state index contributed by atoms with van der Waals surface area (Å²) in [5, 5.41) is 11.6. The van der Waals surface area contributed by atoms with Gasteiger partial charge in [0, 0.05) is 11.3 Å². The van der Waals surface area contributed by atoms with Crippen molar-refractivity contribution in [3.63, 3.8) is 0 Å². The van der Waals surface area contributed by atoms with Crippen molar-refractivity contribution >= 4 is 17.2 Å². The second kappa shape index (κ2) is 4.44. The van der Waals surface area contributed by atoms with Crippen molar-refractivity contribution in [2.24, 2.45) is 4.99 Å². The number of nitrogens with two attached hydrogens (primary N) is 1. The molecule has 1 heterocycles. The van der Waals surface area contributed by atoms with Crippen molar-refractivity contribution in [3.05, 3.63) is 29.8 Å². The Balaban J connectivity index is 1.84. The number of hydrogen-bond acceptors (Lipinski definition) is 4. The molecule has 2 aliphatic rings. The molecule has 4 N–H and O–H groups in total. The van der Waals surface area contributed by atoms with Gasteiger partial charge in [0.15, 0.2) is 0 Å². The molecule has 1 saturated carbocycles. The van der Waals surface area contributed by atoms with Crippen LogP contribution in [0.2, 0.25) is 0 Å². The summed E-state index contributed by atoms with van der Waals surface area (Å²) < 4.78 is 0. The van der Waals surface area contributed by atoms with Crippen LogP contribution in [0.1, 0.15) is 31.2 Å². The summed E-state index contributed by atoms with van der Waals surface area (Å²) in [6.07, 6.45) is 4.81. The van der Waals surface area contributed by atoms with Gasteiger partial charge in [0.05, 0.1) is 12.1 Å². The number of anilines is 1. The molecule has 94 valence electrons. The van der Waals surface area contributed by atoms with E-state index in [1.165, 1.54) is 12.8 Å². The Morgan fingerprint density at radius 3 is 2.83 bits per heavy atom. The summed E-state index contributed by atoms with van der Waals surface area (Å²) in [4.78, 5) is 4.65. The van der Waals surface area contributed by atoms with E-state index in [1.807, 2.05) is 24.3 Å².